The molecule has 1 amide bonds. The number of fused-ring (bicyclic) bond motifs is 1. The predicted molar refractivity (Wildman–Crippen MR) is 108 cm³/mol. The van der Waals surface area contributed by atoms with Crippen molar-refractivity contribution in [2.75, 3.05) is 23.8 Å². The molecule has 1 aromatic heterocycles. The van der Waals surface area contributed by atoms with Crippen molar-refractivity contribution in [1.29, 1.82) is 0 Å². The third kappa shape index (κ3) is 5.08. The minimum absolute atomic E-state index is 0.109. The topological polar surface area (TPSA) is 59.5 Å². The lowest BCUT2D eigenvalue weighted by molar-refractivity contribution is -0.142. The van der Waals surface area contributed by atoms with Crippen molar-refractivity contribution in [1.82, 2.24) is 4.98 Å². The monoisotopic (exact) mass is 380 g/mol. The van der Waals surface area contributed by atoms with Gasteiger partial charge in [-0.2, -0.15) is 0 Å². The fraction of sp³-hybridized carbons (Fsp3) is 0.190. The van der Waals surface area contributed by atoms with E-state index in [1.807, 2.05) is 54.6 Å². The van der Waals surface area contributed by atoms with E-state index in [1.54, 1.807) is 19.1 Å². The number of anilines is 1. The highest BCUT2D eigenvalue weighted by atomic mass is 32.2. The molecular weight excluding hydrogens is 360 g/mol. The number of nitrogens with zero attached hydrogens (tertiary/aromatic N) is 2. The summed E-state index contributed by atoms with van der Waals surface area (Å²) in [6, 6.07) is 20.9. The van der Waals surface area contributed by atoms with E-state index in [-0.39, 0.29) is 24.8 Å². The highest BCUT2D eigenvalue weighted by Gasteiger charge is 2.20. The summed E-state index contributed by atoms with van der Waals surface area (Å²) in [4.78, 5) is 30.7. The quantitative estimate of drug-likeness (QED) is 0.459. The van der Waals surface area contributed by atoms with Gasteiger partial charge in [0.05, 0.1) is 22.9 Å². The number of carbonyl (C=O) groups is 2. The summed E-state index contributed by atoms with van der Waals surface area (Å²) in [6.07, 6.45) is 0. The van der Waals surface area contributed by atoms with Gasteiger partial charge in [0, 0.05) is 11.1 Å². The van der Waals surface area contributed by atoms with Gasteiger partial charge in [-0.25, -0.2) is 4.98 Å². The average Bonchev–Trinajstić information content (AvgIpc) is 2.71. The maximum absolute atomic E-state index is 12.8. The standard InChI is InChI=1S/C21H20N2O3S/c1-2-26-21(25)14-23(17-9-4-3-5-10-17)20(24)15-27-19-13-12-16-8-6-7-11-18(16)22-19/h3-13H,2,14-15H2,1H3. The van der Waals surface area contributed by atoms with Crippen LogP contribution < -0.4 is 4.90 Å². The zero-order valence-electron chi connectivity index (χ0n) is 15.0. The van der Waals surface area contributed by atoms with E-state index >= 15 is 0 Å². The lowest BCUT2D eigenvalue weighted by Crippen LogP contribution is -2.37. The Morgan fingerprint density at radius 2 is 1.74 bits per heavy atom. The van der Waals surface area contributed by atoms with E-state index in [1.165, 1.54) is 16.7 Å². The van der Waals surface area contributed by atoms with Crippen LogP contribution in [0.15, 0.2) is 71.8 Å². The van der Waals surface area contributed by atoms with E-state index in [4.69, 9.17) is 4.74 Å². The van der Waals surface area contributed by atoms with Crippen LogP contribution >= 0.6 is 11.8 Å². The number of esters is 1. The van der Waals surface area contributed by atoms with Crippen LogP contribution in [0.5, 0.6) is 0 Å². The second-order valence-electron chi connectivity index (χ2n) is 5.75. The van der Waals surface area contributed by atoms with Crippen molar-refractivity contribution in [2.24, 2.45) is 0 Å². The first-order valence-electron chi connectivity index (χ1n) is 8.67. The summed E-state index contributed by atoms with van der Waals surface area (Å²) in [5.41, 5.74) is 1.56. The Morgan fingerprint density at radius 3 is 2.52 bits per heavy atom. The Hall–Kier alpha value is -2.86. The molecular formula is C21H20N2O3S. The van der Waals surface area contributed by atoms with Crippen molar-refractivity contribution in [3.05, 3.63) is 66.7 Å². The Kier molecular flexibility index (Phi) is 6.44. The highest BCUT2D eigenvalue weighted by Crippen LogP contribution is 2.22. The second kappa shape index (κ2) is 9.19. The molecule has 1 heterocycles. The van der Waals surface area contributed by atoms with Gasteiger partial charge in [-0.05, 0) is 31.2 Å². The van der Waals surface area contributed by atoms with Crippen molar-refractivity contribution in [3.8, 4) is 0 Å². The van der Waals surface area contributed by atoms with E-state index in [2.05, 4.69) is 4.98 Å². The van der Waals surface area contributed by atoms with Crippen molar-refractivity contribution in [2.45, 2.75) is 11.9 Å². The molecule has 0 aliphatic rings. The molecule has 0 fully saturated rings. The molecule has 0 radical (unpaired) electrons. The molecule has 0 saturated heterocycles. The largest absolute Gasteiger partial charge is 0.465 e. The number of thioether (sulfide) groups is 1. The number of para-hydroxylation sites is 2. The lowest BCUT2D eigenvalue weighted by Gasteiger charge is -2.21. The van der Waals surface area contributed by atoms with Crippen LogP contribution in [0.25, 0.3) is 10.9 Å². The Morgan fingerprint density at radius 1 is 1.00 bits per heavy atom. The summed E-state index contributed by atoms with van der Waals surface area (Å²) < 4.78 is 5.00. The summed E-state index contributed by atoms with van der Waals surface area (Å²) in [7, 11) is 0. The maximum atomic E-state index is 12.8. The van der Waals surface area contributed by atoms with Gasteiger partial charge in [-0.3, -0.25) is 9.59 Å². The van der Waals surface area contributed by atoms with Gasteiger partial charge in [-0.1, -0.05) is 54.2 Å². The molecule has 2 aromatic carbocycles. The smallest absolute Gasteiger partial charge is 0.326 e. The normalized spacial score (nSPS) is 10.6. The van der Waals surface area contributed by atoms with Crippen molar-refractivity contribution in [3.63, 3.8) is 0 Å². The van der Waals surface area contributed by atoms with Crippen LogP contribution in [0.3, 0.4) is 0 Å². The van der Waals surface area contributed by atoms with Gasteiger partial charge in [-0.15, -0.1) is 0 Å². The van der Waals surface area contributed by atoms with Crippen LogP contribution in [0.1, 0.15) is 6.92 Å². The molecule has 0 aliphatic heterocycles. The van der Waals surface area contributed by atoms with Crippen molar-refractivity contribution < 1.29 is 14.3 Å². The van der Waals surface area contributed by atoms with Crippen LogP contribution in [-0.2, 0) is 14.3 Å². The third-order valence-electron chi connectivity index (χ3n) is 3.88. The number of ether oxygens (including phenoxy) is 1. The summed E-state index contributed by atoms with van der Waals surface area (Å²) >= 11 is 1.35. The minimum atomic E-state index is -0.427. The predicted octanol–water partition coefficient (Wildman–Crippen LogP) is 3.92. The molecule has 0 unspecified atom stereocenters. The van der Waals surface area contributed by atoms with Crippen molar-refractivity contribution >= 4 is 40.2 Å². The first-order valence-corrected chi connectivity index (χ1v) is 9.65. The van der Waals surface area contributed by atoms with E-state index in [0.717, 1.165) is 15.9 Å². The molecule has 6 heteroatoms. The van der Waals surface area contributed by atoms with Crippen LogP contribution in [0.4, 0.5) is 5.69 Å². The Labute approximate surface area is 162 Å². The molecule has 0 spiro atoms. The number of hydrogen-bond donors (Lipinski definition) is 0. The average molecular weight is 380 g/mol. The van der Waals surface area contributed by atoms with Gasteiger partial charge >= 0.3 is 5.97 Å². The number of pyridine rings is 1. The van der Waals surface area contributed by atoms with E-state index < -0.39 is 5.97 Å². The second-order valence-corrected chi connectivity index (χ2v) is 6.75. The van der Waals surface area contributed by atoms with Gasteiger partial charge in [0.1, 0.15) is 6.54 Å². The van der Waals surface area contributed by atoms with Crippen LogP contribution in [0.2, 0.25) is 0 Å². The molecule has 138 valence electrons. The molecule has 0 N–H and O–H groups in total. The zero-order valence-corrected chi connectivity index (χ0v) is 15.8. The van der Waals surface area contributed by atoms with E-state index in [9.17, 15) is 9.59 Å². The van der Waals surface area contributed by atoms with Gasteiger partial charge in [0.15, 0.2) is 0 Å². The molecule has 3 aromatic rings. The van der Waals surface area contributed by atoms with E-state index in [0.29, 0.717) is 5.69 Å². The third-order valence-corrected chi connectivity index (χ3v) is 4.79. The fourth-order valence-electron chi connectivity index (χ4n) is 2.61. The zero-order chi connectivity index (χ0) is 19.1. The fourth-order valence-corrected chi connectivity index (χ4v) is 3.36. The first-order chi connectivity index (χ1) is 13.2. The summed E-state index contributed by atoms with van der Waals surface area (Å²) in [5.74, 6) is -0.419. The van der Waals surface area contributed by atoms with Crippen LogP contribution in [0, 0.1) is 0 Å². The maximum Gasteiger partial charge on any atom is 0.326 e. The van der Waals surface area contributed by atoms with Gasteiger partial charge in [0.2, 0.25) is 5.91 Å². The lowest BCUT2D eigenvalue weighted by atomic mass is 10.2. The Bertz CT molecular complexity index is 931. The molecule has 0 aliphatic carbocycles. The first kappa shape index (κ1) is 18.9. The molecule has 5 nitrogen and oxygen atoms in total. The molecule has 3 rings (SSSR count). The SMILES string of the molecule is CCOC(=O)CN(C(=O)CSc1ccc2ccccc2n1)c1ccccc1. The van der Waals surface area contributed by atoms with Gasteiger partial charge < -0.3 is 9.64 Å². The molecule has 27 heavy (non-hydrogen) atoms. The number of rotatable bonds is 7. The number of aromatic nitrogens is 1. The molecule has 0 saturated carbocycles. The van der Waals surface area contributed by atoms with Gasteiger partial charge in [0.25, 0.3) is 0 Å². The summed E-state index contributed by atoms with van der Waals surface area (Å²) in [6.45, 7) is 1.92. The number of benzene rings is 2. The Balaban J connectivity index is 1.72. The molecule has 0 bridgehead atoms. The minimum Gasteiger partial charge on any atom is -0.465 e. The number of hydrogen-bond acceptors (Lipinski definition) is 5. The molecule has 0 atom stereocenters. The number of amides is 1. The highest BCUT2D eigenvalue weighted by molar-refractivity contribution is 7.99. The van der Waals surface area contributed by atoms with Crippen LogP contribution in [-0.4, -0.2) is 35.8 Å². The summed E-state index contributed by atoms with van der Waals surface area (Å²) in [5, 5.41) is 1.83. The number of carbonyl (C=O) groups excluding carboxylic acids is 2.